The quantitative estimate of drug-likeness (QED) is 0.762. The SMILES string of the molecule is Cc1cccc(F)c1C[C@H](N)C(=O)O. The van der Waals surface area contributed by atoms with Gasteiger partial charge in [-0.15, -0.1) is 0 Å². The number of rotatable bonds is 3. The van der Waals surface area contributed by atoms with Gasteiger partial charge in [-0.1, -0.05) is 12.1 Å². The third-order valence-corrected chi connectivity index (χ3v) is 2.09. The Labute approximate surface area is 81.4 Å². The molecule has 0 aliphatic heterocycles. The largest absolute Gasteiger partial charge is 0.480 e. The molecule has 3 nitrogen and oxygen atoms in total. The smallest absolute Gasteiger partial charge is 0.320 e. The van der Waals surface area contributed by atoms with E-state index in [1.54, 1.807) is 19.1 Å². The minimum absolute atomic E-state index is 0.0217. The summed E-state index contributed by atoms with van der Waals surface area (Å²) in [5.74, 6) is -1.52. The highest BCUT2D eigenvalue weighted by Crippen LogP contribution is 2.14. The van der Waals surface area contributed by atoms with E-state index in [-0.39, 0.29) is 6.42 Å². The first-order valence-corrected chi connectivity index (χ1v) is 4.24. The maximum absolute atomic E-state index is 13.2. The number of aryl methyl sites for hydroxylation is 1. The molecule has 14 heavy (non-hydrogen) atoms. The van der Waals surface area contributed by atoms with Gasteiger partial charge in [0.25, 0.3) is 0 Å². The van der Waals surface area contributed by atoms with Crippen LogP contribution < -0.4 is 5.73 Å². The van der Waals surface area contributed by atoms with E-state index in [9.17, 15) is 9.18 Å². The molecule has 1 atom stereocenters. The fourth-order valence-corrected chi connectivity index (χ4v) is 1.23. The Bertz CT molecular complexity index is 332. The highest BCUT2D eigenvalue weighted by molar-refractivity contribution is 5.73. The summed E-state index contributed by atoms with van der Waals surface area (Å²) in [6, 6.07) is 3.57. The zero-order chi connectivity index (χ0) is 10.7. The molecule has 0 heterocycles. The topological polar surface area (TPSA) is 63.3 Å². The summed E-state index contributed by atoms with van der Waals surface area (Å²) in [6.07, 6.45) is 0.0217. The maximum Gasteiger partial charge on any atom is 0.320 e. The van der Waals surface area contributed by atoms with Gasteiger partial charge in [0.2, 0.25) is 0 Å². The van der Waals surface area contributed by atoms with Crippen LogP contribution in [-0.4, -0.2) is 17.1 Å². The first-order valence-electron chi connectivity index (χ1n) is 4.24. The maximum atomic E-state index is 13.2. The number of hydrogen-bond acceptors (Lipinski definition) is 2. The molecule has 1 aromatic carbocycles. The second-order valence-corrected chi connectivity index (χ2v) is 3.18. The normalized spacial score (nSPS) is 12.5. The highest BCUT2D eigenvalue weighted by atomic mass is 19.1. The number of carbonyl (C=O) groups is 1. The van der Waals surface area contributed by atoms with Crippen molar-refractivity contribution in [2.24, 2.45) is 5.73 Å². The lowest BCUT2D eigenvalue weighted by Crippen LogP contribution is -2.32. The Morgan fingerprint density at radius 3 is 2.79 bits per heavy atom. The van der Waals surface area contributed by atoms with Gasteiger partial charge in [0.1, 0.15) is 11.9 Å². The number of benzene rings is 1. The van der Waals surface area contributed by atoms with Crippen molar-refractivity contribution >= 4 is 5.97 Å². The molecule has 0 saturated heterocycles. The first kappa shape index (κ1) is 10.7. The molecule has 0 amide bonds. The minimum Gasteiger partial charge on any atom is -0.480 e. The van der Waals surface area contributed by atoms with Crippen molar-refractivity contribution in [3.8, 4) is 0 Å². The third-order valence-electron chi connectivity index (χ3n) is 2.09. The van der Waals surface area contributed by atoms with Gasteiger partial charge in [0, 0.05) is 6.42 Å². The van der Waals surface area contributed by atoms with E-state index < -0.39 is 17.8 Å². The van der Waals surface area contributed by atoms with Crippen molar-refractivity contribution in [1.29, 1.82) is 0 Å². The Morgan fingerprint density at radius 2 is 2.29 bits per heavy atom. The molecule has 1 aromatic rings. The monoisotopic (exact) mass is 197 g/mol. The molecule has 0 aliphatic rings. The van der Waals surface area contributed by atoms with E-state index in [1.807, 2.05) is 0 Å². The molecule has 0 saturated carbocycles. The average Bonchev–Trinajstić information content (AvgIpc) is 2.11. The van der Waals surface area contributed by atoms with Crippen molar-refractivity contribution < 1.29 is 14.3 Å². The molecule has 0 radical (unpaired) electrons. The Balaban J connectivity index is 2.91. The van der Waals surface area contributed by atoms with E-state index in [0.717, 1.165) is 5.56 Å². The van der Waals surface area contributed by atoms with Gasteiger partial charge >= 0.3 is 5.97 Å². The van der Waals surface area contributed by atoms with Gasteiger partial charge in [-0.25, -0.2) is 4.39 Å². The van der Waals surface area contributed by atoms with Crippen LogP contribution in [0, 0.1) is 12.7 Å². The summed E-state index contributed by atoms with van der Waals surface area (Å²) in [4.78, 5) is 10.5. The zero-order valence-corrected chi connectivity index (χ0v) is 7.83. The van der Waals surface area contributed by atoms with Gasteiger partial charge in [0.15, 0.2) is 0 Å². The summed E-state index contributed by atoms with van der Waals surface area (Å²) < 4.78 is 13.2. The van der Waals surface area contributed by atoms with Crippen molar-refractivity contribution in [2.75, 3.05) is 0 Å². The van der Waals surface area contributed by atoms with E-state index in [1.165, 1.54) is 6.07 Å². The number of nitrogens with two attached hydrogens (primary N) is 1. The lowest BCUT2D eigenvalue weighted by molar-refractivity contribution is -0.138. The molecule has 1 rings (SSSR count). The van der Waals surface area contributed by atoms with Crippen LogP contribution in [0.5, 0.6) is 0 Å². The van der Waals surface area contributed by atoms with Crippen LogP contribution in [0.25, 0.3) is 0 Å². The van der Waals surface area contributed by atoms with Crippen LogP contribution in [0.1, 0.15) is 11.1 Å². The fraction of sp³-hybridized carbons (Fsp3) is 0.300. The standard InChI is InChI=1S/C10H12FNO2/c1-6-3-2-4-8(11)7(6)5-9(12)10(13)14/h2-4,9H,5,12H2,1H3,(H,13,14)/t9-/m0/s1. The van der Waals surface area contributed by atoms with Crippen LogP contribution in [0.4, 0.5) is 4.39 Å². The van der Waals surface area contributed by atoms with Crippen molar-refractivity contribution in [1.82, 2.24) is 0 Å². The molecule has 76 valence electrons. The Morgan fingerprint density at radius 1 is 1.64 bits per heavy atom. The van der Waals surface area contributed by atoms with Crippen LogP contribution in [0.2, 0.25) is 0 Å². The van der Waals surface area contributed by atoms with Crippen LogP contribution >= 0.6 is 0 Å². The number of carboxylic acids is 1. The molecule has 0 spiro atoms. The van der Waals surface area contributed by atoms with E-state index >= 15 is 0 Å². The van der Waals surface area contributed by atoms with Crippen LogP contribution in [0.3, 0.4) is 0 Å². The third kappa shape index (κ3) is 2.29. The van der Waals surface area contributed by atoms with Crippen LogP contribution in [0.15, 0.2) is 18.2 Å². The lowest BCUT2D eigenvalue weighted by Gasteiger charge is -2.09. The molecule has 4 heteroatoms. The molecule has 3 N–H and O–H groups in total. The minimum atomic E-state index is -1.12. The summed E-state index contributed by atoms with van der Waals surface area (Å²) in [7, 11) is 0. The fourth-order valence-electron chi connectivity index (χ4n) is 1.23. The van der Waals surface area contributed by atoms with Crippen molar-refractivity contribution in [2.45, 2.75) is 19.4 Å². The number of hydrogen-bond donors (Lipinski definition) is 2. The molecule has 0 aromatic heterocycles. The number of aliphatic carboxylic acids is 1. The molecule has 0 aliphatic carbocycles. The molecule has 0 fully saturated rings. The summed E-state index contributed by atoms with van der Waals surface area (Å²) in [5.41, 5.74) is 6.42. The predicted octanol–water partition coefficient (Wildman–Crippen LogP) is 1.09. The van der Waals surface area contributed by atoms with E-state index in [4.69, 9.17) is 10.8 Å². The van der Waals surface area contributed by atoms with Gasteiger partial charge < -0.3 is 10.8 Å². The molecule has 0 unspecified atom stereocenters. The summed E-state index contributed by atoms with van der Waals surface area (Å²) in [5, 5.41) is 8.58. The number of halogens is 1. The Kier molecular flexibility index (Phi) is 3.19. The van der Waals surface area contributed by atoms with Gasteiger partial charge in [-0.05, 0) is 24.1 Å². The van der Waals surface area contributed by atoms with E-state index in [0.29, 0.717) is 5.56 Å². The van der Waals surface area contributed by atoms with Crippen molar-refractivity contribution in [3.63, 3.8) is 0 Å². The molecular formula is C10H12FNO2. The molecule has 0 bridgehead atoms. The van der Waals surface area contributed by atoms with Gasteiger partial charge in [-0.2, -0.15) is 0 Å². The molecular weight excluding hydrogens is 185 g/mol. The van der Waals surface area contributed by atoms with E-state index in [2.05, 4.69) is 0 Å². The number of carboxylic acid groups (broad SMARTS) is 1. The predicted molar refractivity (Wildman–Crippen MR) is 50.5 cm³/mol. The van der Waals surface area contributed by atoms with Crippen LogP contribution in [-0.2, 0) is 11.2 Å². The first-order chi connectivity index (χ1) is 6.52. The summed E-state index contributed by atoms with van der Waals surface area (Å²) >= 11 is 0. The summed E-state index contributed by atoms with van der Waals surface area (Å²) in [6.45, 7) is 1.73. The Hall–Kier alpha value is -1.42. The average molecular weight is 197 g/mol. The highest BCUT2D eigenvalue weighted by Gasteiger charge is 2.15. The zero-order valence-electron chi connectivity index (χ0n) is 7.83. The lowest BCUT2D eigenvalue weighted by atomic mass is 10.0. The van der Waals surface area contributed by atoms with Crippen molar-refractivity contribution in [3.05, 3.63) is 35.1 Å². The van der Waals surface area contributed by atoms with Gasteiger partial charge in [-0.3, -0.25) is 4.79 Å². The second kappa shape index (κ2) is 4.19. The van der Waals surface area contributed by atoms with Gasteiger partial charge in [0.05, 0.1) is 0 Å². The second-order valence-electron chi connectivity index (χ2n) is 3.18.